The summed E-state index contributed by atoms with van der Waals surface area (Å²) >= 11 is 0. The van der Waals surface area contributed by atoms with E-state index < -0.39 is 0 Å². The van der Waals surface area contributed by atoms with Gasteiger partial charge in [0, 0.05) is 13.0 Å². The molecule has 4 atom stereocenters. The SMILES string of the molecule is CCCC(CCN)CNC(=O)CC1CC2CCC1C2. The Bertz CT molecular complexity index is 286. The van der Waals surface area contributed by atoms with E-state index in [2.05, 4.69) is 12.2 Å². The first-order valence-electron chi connectivity index (χ1n) is 8.19. The van der Waals surface area contributed by atoms with Crippen LogP contribution in [0.3, 0.4) is 0 Å². The molecule has 0 saturated heterocycles. The molecule has 2 rings (SSSR count). The van der Waals surface area contributed by atoms with Crippen molar-refractivity contribution in [2.24, 2.45) is 29.4 Å². The summed E-state index contributed by atoms with van der Waals surface area (Å²) < 4.78 is 0. The fourth-order valence-electron chi connectivity index (χ4n) is 4.19. The lowest BCUT2D eigenvalue weighted by atomic mass is 9.86. The molecule has 0 aromatic heterocycles. The molecule has 2 aliphatic carbocycles. The van der Waals surface area contributed by atoms with Crippen LogP contribution < -0.4 is 11.1 Å². The Hall–Kier alpha value is -0.570. The molecule has 110 valence electrons. The molecule has 4 unspecified atom stereocenters. The molecule has 1 amide bonds. The van der Waals surface area contributed by atoms with Gasteiger partial charge in [0.1, 0.15) is 0 Å². The summed E-state index contributed by atoms with van der Waals surface area (Å²) in [6.45, 7) is 3.75. The number of rotatable bonds is 8. The predicted octanol–water partition coefficient (Wildman–Crippen LogP) is 2.69. The van der Waals surface area contributed by atoms with Gasteiger partial charge in [-0.15, -0.1) is 0 Å². The van der Waals surface area contributed by atoms with Crippen LogP contribution >= 0.6 is 0 Å². The van der Waals surface area contributed by atoms with Gasteiger partial charge in [-0.05, 0) is 62.3 Å². The van der Waals surface area contributed by atoms with Crippen molar-refractivity contribution >= 4 is 5.91 Å². The van der Waals surface area contributed by atoms with Crippen LogP contribution in [0.2, 0.25) is 0 Å². The second-order valence-electron chi connectivity index (χ2n) is 6.68. The molecule has 2 fully saturated rings. The van der Waals surface area contributed by atoms with Crippen molar-refractivity contribution in [2.75, 3.05) is 13.1 Å². The maximum atomic E-state index is 12.0. The summed E-state index contributed by atoms with van der Waals surface area (Å²) in [6.07, 6.45) is 9.62. The number of fused-ring (bicyclic) bond motifs is 2. The largest absolute Gasteiger partial charge is 0.356 e. The minimum Gasteiger partial charge on any atom is -0.356 e. The Morgan fingerprint density at radius 3 is 2.74 bits per heavy atom. The van der Waals surface area contributed by atoms with Crippen LogP contribution in [0.15, 0.2) is 0 Å². The van der Waals surface area contributed by atoms with Crippen LogP contribution in [0, 0.1) is 23.7 Å². The van der Waals surface area contributed by atoms with Crippen molar-refractivity contribution in [3.05, 3.63) is 0 Å². The summed E-state index contributed by atoms with van der Waals surface area (Å²) in [6, 6.07) is 0. The van der Waals surface area contributed by atoms with E-state index in [4.69, 9.17) is 5.73 Å². The third-order valence-electron chi connectivity index (χ3n) is 5.19. The van der Waals surface area contributed by atoms with Crippen molar-refractivity contribution < 1.29 is 4.79 Å². The maximum absolute atomic E-state index is 12.0. The highest BCUT2D eigenvalue weighted by atomic mass is 16.1. The Balaban J connectivity index is 1.66. The van der Waals surface area contributed by atoms with Gasteiger partial charge >= 0.3 is 0 Å². The number of carbonyl (C=O) groups is 1. The highest BCUT2D eigenvalue weighted by molar-refractivity contribution is 5.76. The normalized spacial score (nSPS) is 30.5. The molecule has 0 aromatic carbocycles. The number of carbonyl (C=O) groups excluding carboxylic acids is 1. The van der Waals surface area contributed by atoms with Crippen molar-refractivity contribution in [2.45, 2.75) is 58.3 Å². The fourth-order valence-corrected chi connectivity index (χ4v) is 4.19. The Labute approximate surface area is 117 Å². The number of amides is 1. The van der Waals surface area contributed by atoms with Crippen molar-refractivity contribution in [3.8, 4) is 0 Å². The lowest BCUT2D eigenvalue weighted by Crippen LogP contribution is -2.32. The number of hydrogen-bond acceptors (Lipinski definition) is 2. The van der Waals surface area contributed by atoms with Gasteiger partial charge in [0.15, 0.2) is 0 Å². The Morgan fingerprint density at radius 1 is 1.32 bits per heavy atom. The highest BCUT2D eigenvalue weighted by Gasteiger charge is 2.40. The van der Waals surface area contributed by atoms with E-state index in [0.29, 0.717) is 11.8 Å². The Kier molecular flexibility index (Phi) is 5.68. The summed E-state index contributed by atoms with van der Waals surface area (Å²) in [7, 11) is 0. The molecule has 2 saturated carbocycles. The number of nitrogens with two attached hydrogens (primary N) is 1. The van der Waals surface area contributed by atoms with Gasteiger partial charge < -0.3 is 11.1 Å². The summed E-state index contributed by atoms with van der Waals surface area (Å²) in [4.78, 5) is 12.0. The van der Waals surface area contributed by atoms with Crippen molar-refractivity contribution in [3.63, 3.8) is 0 Å². The van der Waals surface area contributed by atoms with Crippen LogP contribution in [0.5, 0.6) is 0 Å². The molecule has 3 nitrogen and oxygen atoms in total. The van der Waals surface area contributed by atoms with Gasteiger partial charge in [-0.1, -0.05) is 19.8 Å². The molecule has 2 aliphatic rings. The van der Waals surface area contributed by atoms with Crippen LogP contribution in [-0.4, -0.2) is 19.0 Å². The average Bonchev–Trinajstić information content (AvgIpc) is 2.99. The van der Waals surface area contributed by atoms with E-state index >= 15 is 0 Å². The van der Waals surface area contributed by atoms with Crippen molar-refractivity contribution in [1.82, 2.24) is 5.32 Å². The second-order valence-corrected chi connectivity index (χ2v) is 6.68. The molecule has 0 heterocycles. The minimum absolute atomic E-state index is 0.274. The van der Waals surface area contributed by atoms with E-state index in [1.165, 1.54) is 38.5 Å². The zero-order valence-corrected chi connectivity index (χ0v) is 12.4. The third-order valence-corrected chi connectivity index (χ3v) is 5.19. The van der Waals surface area contributed by atoms with E-state index in [1.807, 2.05) is 0 Å². The Morgan fingerprint density at radius 2 is 2.16 bits per heavy atom. The van der Waals surface area contributed by atoms with Crippen molar-refractivity contribution in [1.29, 1.82) is 0 Å². The highest BCUT2D eigenvalue weighted by Crippen LogP contribution is 2.49. The van der Waals surface area contributed by atoms with E-state index in [1.54, 1.807) is 0 Å². The molecule has 0 aromatic rings. The number of hydrogen-bond donors (Lipinski definition) is 2. The predicted molar refractivity (Wildman–Crippen MR) is 78.6 cm³/mol. The zero-order chi connectivity index (χ0) is 13.7. The fraction of sp³-hybridized carbons (Fsp3) is 0.938. The first-order valence-corrected chi connectivity index (χ1v) is 8.19. The number of nitrogens with one attached hydrogen (secondary N) is 1. The standard InChI is InChI=1S/C16H30N2O/c1-2-3-12(6-7-17)11-18-16(19)10-15-9-13-4-5-14(15)8-13/h12-15H,2-11,17H2,1H3,(H,18,19). The smallest absolute Gasteiger partial charge is 0.220 e. The molecular formula is C16H30N2O. The molecule has 0 aliphatic heterocycles. The summed E-state index contributed by atoms with van der Waals surface area (Å²) in [5.41, 5.74) is 5.63. The van der Waals surface area contributed by atoms with Gasteiger partial charge in [-0.25, -0.2) is 0 Å². The minimum atomic E-state index is 0.274. The van der Waals surface area contributed by atoms with Crippen LogP contribution in [0.25, 0.3) is 0 Å². The lowest BCUT2D eigenvalue weighted by Gasteiger charge is -2.22. The van der Waals surface area contributed by atoms with E-state index in [0.717, 1.165) is 37.8 Å². The van der Waals surface area contributed by atoms with Gasteiger partial charge in [0.25, 0.3) is 0 Å². The first-order chi connectivity index (χ1) is 9.22. The van der Waals surface area contributed by atoms with Crippen LogP contribution in [-0.2, 0) is 4.79 Å². The maximum Gasteiger partial charge on any atom is 0.220 e. The van der Waals surface area contributed by atoms with E-state index in [9.17, 15) is 4.79 Å². The molecule has 3 N–H and O–H groups in total. The zero-order valence-electron chi connectivity index (χ0n) is 12.4. The molecule has 2 bridgehead atoms. The molecule has 0 radical (unpaired) electrons. The van der Waals surface area contributed by atoms with Gasteiger partial charge in [0.2, 0.25) is 5.91 Å². The monoisotopic (exact) mass is 266 g/mol. The van der Waals surface area contributed by atoms with Gasteiger partial charge in [0.05, 0.1) is 0 Å². The van der Waals surface area contributed by atoms with Gasteiger partial charge in [-0.2, -0.15) is 0 Å². The second kappa shape index (κ2) is 7.28. The molecule has 3 heteroatoms. The molecule has 0 spiro atoms. The average molecular weight is 266 g/mol. The summed E-state index contributed by atoms with van der Waals surface area (Å²) in [5, 5.41) is 3.14. The lowest BCUT2D eigenvalue weighted by molar-refractivity contribution is -0.122. The van der Waals surface area contributed by atoms with E-state index in [-0.39, 0.29) is 5.91 Å². The third kappa shape index (κ3) is 4.20. The first kappa shape index (κ1) is 14.8. The summed E-state index contributed by atoms with van der Waals surface area (Å²) in [5.74, 6) is 3.31. The van der Waals surface area contributed by atoms with Crippen LogP contribution in [0.4, 0.5) is 0 Å². The van der Waals surface area contributed by atoms with Gasteiger partial charge in [-0.3, -0.25) is 4.79 Å². The quantitative estimate of drug-likeness (QED) is 0.709. The molecule has 19 heavy (non-hydrogen) atoms. The topological polar surface area (TPSA) is 55.1 Å². The van der Waals surface area contributed by atoms with Crippen LogP contribution in [0.1, 0.15) is 58.3 Å². The molecular weight excluding hydrogens is 236 g/mol.